The average molecular weight is 704 g/mol. The summed E-state index contributed by atoms with van der Waals surface area (Å²) in [5.74, 6) is 0. The zero-order chi connectivity index (χ0) is 34.9. The Morgan fingerprint density at radius 3 is 1.24 bits per heavy atom. The Morgan fingerprint density at radius 1 is 0.543 bits per heavy atom. The Labute approximate surface area is 290 Å². The Bertz CT molecular complexity index is 1650. The van der Waals surface area contributed by atoms with Crippen LogP contribution in [0.15, 0.2) is 84.9 Å². The van der Waals surface area contributed by atoms with E-state index in [0.29, 0.717) is 5.56 Å². The van der Waals surface area contributed by atoms with E-state index in [0.717, 1.165) is 36.4 Å². The molecule has 0 bridgehead atoms. The van der Waals surface area contributed by atoms with Gasteiger partial charge in [-0.2, -0.15) is 18.2 Å². The molecule has 0 fully saturated rings. The van der Waals surface area contributed by atoms with E-state index in [1.165, 1.54) is 49.9 Å². The molecule has 5 rings (SSSR count). The van der Waals surface area contributed by atoms with Crippen molar-refractivity contribution >= 4 is 25.3 Å². The van der Waals surface area contributed by atoms with Gasteiger partial charge in [0.25, 0.3) is 0 Å². The fraction of sp³-hybridized carbons (Fsp3) is 0.405. The van der Waals surface area contributed by atoms with Crippen LogP contribution in [-0.4, -0.2) is 3.71 Å². The first-order chi connectivity index (χ1) is 20.9. The summed E-state index contributed by atoms with van der Waals surface area (Å²) < 4.78 is 38.0. The third-order valence-electron chi connectivity index (χ3n) is 8.15. The summed E-state index contributed by atoms with van der Waals surface area (Å²) in [6.45, 7) is 28.0. The molecule has 0 radical (unpaired) electrons. The van der Waals surface area contributed by atoms with Gasteiger partial charge in [0.05, 0.1) is 0 Å². The van der Waals surface area contributed by atoms with Crippen molar-refractivity contribution in [3.8, 4) is 0 Å². The fourth-order valence-electron chi connectivity index (χ4n) is 5.71. The number of alkyl halides is 3. The molecule has 0 unspecified atom stereocenters. The van der Waals surface area contributed by atoms with Crippen molar-refractivity contribution in [3.05, 3.63) is 118 Å². The fourth-order valence-corrected chi connectivity index (χ4v) is 6.15. The number of fused-ring (bicyclic) bond motifs is 3. The minimum absolute atomic E-state index is 0.124. The summed E-state index contributed by atoms with van der Waals surface area (Å²) >= 11 is 1.10. The predicted molar refractivity (Wildman–Crippen MR) is 190 cm³/mol. The Morgan fingerprint density at radius 2 is 0.935 bits per heavy atom. The normalized spacial score (nSPS) is 12.8. The van der Waals surface area contributed by atoms with Crippen LogP contribution in [0.3, 0.4) is 0 Å². The van der Waals surface area contributed by atoms with Crippen molar-refractivity contribution in [2.45, 2.75) is 111 Å². The van der Waals surface area contributed by atoms with E-state index in [1.807, 2.05) is 30.3 Å². The maximum Gasteiger partial charge on any atom is -0.172 e. The van der Waals surface area contributed by atoms with Crippen molar-refractivity contribution < 1.29 is 37.4 Å². The van der Waals surface area contributed by atoms with Gasteiger partial charge in [-0.3, -0.25) is 0 Å². The monoisotopic (exact) mass is 702 g/mol. The summed E-state index contributed by atoms with van der Waals surface area (Å²) in [6.07, 6.45) is -4.23. The van der Waals surface area contributed by atoms with Crippen LogP contribution in [0, 0.1) is 0 Å². The summed E-state index contributed by atoms with van der Waals surface area (Å²) in [4.78, 5) is 0. The molecule has 244 valence electrons. The van der Waals surface area contributed by atoms with Crippen LogP contribution >= 0.6 is 0 Å². The second-order valence-electron chi connectivity index (χ2n) is 16.3. The molecular formula is C42H51F3Zr. The summed E-state index contributed by atoms with van der Waals surface area (Å²) in [5, 5.41) is 5.57. The molecule has 0 heterocycles. The van der Waals surface area contributed by atoms with E-state index >= 15 is 0 Å². The molecule has 46 heavy (non-hydrogen) atoms. The Kier molecular flexibility index (Phi) is 11.4. The van der Waals surface area contributed by atoms with Crippen molar-refractivity contribution in [1.29, 1.82) is 0 Å². The zero-order valence-corrected chi connectivity index (χ0v) is 32.3. The Hall–Kier alpha value is -2.58. The molecule has 5 aromatic carbocycles. The molecular weight excluding hydrogens is 653 g/mol. The van der Waals surface area contributed by atoms with Crippen LogP contribution < -0.4 is 0 Å². The second-order valence-corrected chi connectivity index (χ2v) is 17.1. The topological polar surface area (TPSA) is 0 Å². The molecule has 4 heteroatoms. The zero-order valence-electron chi connectivity index (χ0n) is 29.8. The van der Waals surface area contributed by atoms with Gasteiger partial charge in [0.2, 0.25) is 0 Å². The van der Waals surface area contributed by atoms with Gasteiger partial charge in [-0.05, 0) is 21.7 Å². The van der Waals surface area contributed by atoms with Gasteiger partial charge in [0, 0.05) is 0 Å². The van der Waals surface area contributed by atoms with E-state index in [9.17, 15) is 13.2 Å². The predicted octanol–water partition coefficient (Wildman–Crippen LogP) is 12.7. The van der Waals surface area contributed by atoms with Crippen molar-refractivity contribution in [2.24, 2.45) is 0 Å². The molecule has 0 amide bonds. The molecule has 0 aliphatic carbocycles. The van der Waals surface area contributed by atoms with E-state index < -0.39 is 11.7 Å². The largest absolute Gasteiger partial charge is 0.214 e. The van der Waals surface area contributed by atoms with Gasteiger partial charge in [-0.25, -0.2) is 12.1 Å². The molecule has 0 spiro atoms. The van der Waals surface area contributed by atoms with Crippen LogP contribution in [-0.2, 0) is 52.1 Å². The maximum atomic E-state index is 12.1. The smallest absolute Gasteiger partial charge is 0.172 e. The van der Waals surface area contributed by atoms with E-state index in [4.69, 9.17) is 0 Å². The molecule has 0 atom stereocenters. The SMILES string of the molecule is CC(C)(C)c1cc2[cH-]c3cc(C(C)(C)C)c(C(C)(C)C)cc3c2cc1C(C)(C)C.FC(F)(F)c1cccc([CH]=[Zr+2])c1.c1cc[cH-]c1. The minimum atomic E-state index is -4.23. The molecule has 0 aliphatic heterocycles. The van der Waals surface area contributed by atoms with E-state index in [-0.39, 0.29) is 21.7 Å². The van der Waals surface area contributed by atoms with E-state index in [1.54, 1.807) is 9.78 Å². The van der Waals surface area contributed by atoms with Crippen LogP contribution in [0.5, 0.6) is 0 Å². The summed E-state index contributed by atoms with van der Waals surface area (Å²) in [6, 6.07) is 27.6. The molecule has 0 nitrogen and oxygen atoms in total. The van der Waals surface area contributed by atoms with Gasteiger partial charge < -0.3 is 0 Å². The standard InChI is InChI=1S/C29H41.C8H5F3.C5H5.Zr/c1-26(2,3)22-14-18-13-19-15-23(27(4,5)6)25(29(10,11)12)17-21(19)20(18)16-24(22)28(7,8)9;1-6-3-2-4-7(5-6)8(9,10)11;1-2-4-5-3-1;/h13-17H,1-12H3;1-5H;1-5H;/q-1;;-1;+2. The molecule has 0 N–H and O–H groups in total. The molecule has 0 saturated heterocycles. The summed E-state index contributed by atoms with van der Waals surface area (Å²) in [7, 11) is 0. The molecule has 0 aromatic heterocycles. The third-order valence-corrected chi connectivity index (χ3v) is 8.97. The minimum Gasteiger partial charge on any atom is -0.214 e. The number of halogens is 3. The van der Waals surface area contributed by atoms with E-state index in [2.05, 4.69) is 113 Å². The quantitative estimate of drug-likeness (QED) is 0.153. The first kappa shape index (κ1) is 37.9. The molecule has 0 saturated carbocycles. The second kappa shape index (κ2) is 13.9. The van der Waals surface area contributed by atoms with Crippen molar-refractivity contribution in [2.75, 3.05) is 0 Å². The van der Waals surface area contributed by atoms with Gasteiger partial charge >= 0.3 is 82.7 Å². The maximum absolute atomic E-state index is 12.1. The van der Waals surface area contributed by atoms with Crippen molar-refractivity contribution in [3.63, 3.8) is 0 Å². The van der Waals surface area contributed by atoms with Crippen LogP contribution in [0.2, 0.25) is 0 Å². The van der Waals surface area contributed by atoms with Crippen LogP contribution in [0.4, 0.5) is 13.2 Å². The number of rotatable bonds is 1. The Balaban J connectivity index is 0.000000276. The number of benzene rings is 3. The third kappa shape index (κ3) is 9.50. The first-order valence-corrected chi connectivity index (χ1v) is 17.4. The summed E-state index contributed by atoms with van der Waals surface area (Å²) in [5.41, 5.74) is 6.45. The molecule has 5 aromatic rings. The number of hydrogen-bond donors (Lipinski definition) is 0. The van der Waals surface area contributed by atoms with Gasteiger partial charge in [0.1, 0.15) is 0 Å². The number of hydrogen-bond acceptors (Lipinski definition) is 0. The van der Waals surface area contributed by atoms with Gasteiger partial charge in [-0.1, -0.05) is 117 Å². The first-order valence-electron chi connectivity index (χ1n) is 16.0. The van der Waals surface area contributed by atoms with Crippen LogP contribution in [0.1, 0.15) is 116 Å². The van der Waals surface area contributed by atoms with Gasteiger partial charge in [-0.15, -0.1) is 39.7 Å². The van der Waals surface area contributed by atoms with Crippen LogP contribution in [0.25, 0.3) is 21.5 Å². The molecule has 0 aliphatic rings. The average Bonchev–Trinajstić information content (AvgIpc) is 3.61. The van der Waals surface area contributed by atoms with Crippen molar-refractivity contribution in [1.82, 2.24) is 0 Å². The van der Waals surface area contributed by atoms with Gasteiger partial charge in [0.15, 0.2) is 0 Å².